The molecule has 0 spiro atoms. The minimum atomic E-state index is -0.0942. The van der Waals surface area contributed by atoms with E-state index in [0.717, 1.165) is 31.1 Å². The molecule has 3 nitrogen and oxygen atoms in total. The summed E-state index contributed by atoms with van der Waals surface area (Å²) in [7, 11) is 2.09. The van der Waals surface area contributed by atoms with Crippen molar-refractivity contribution >= 4 is 29.3 Å². The van der Waals surface area contributed by atoms with Gasteiger partial charge in [-0.1, -0.05) is 23.7 Å². The zero-order valence-corrected chi connectivity index (χ0v) is 12.9. The summed E-state index contributed by atoms with van der Waals surface area (Å²) in [6.45, 7) is 5.50. The molecular weight excluding hydrogens is 280 g/mol. The lowest BCUT2D eigenvalue weighted by molar-refractivity contribution is -0.131. The second-order valence-corrected chi connectivity index (χ2v) is 6.61. The third-order valence-corrected chi connectivity index (χ3v) is 4.91. The fraction of sp³-hybridized carbons (Fsp3) is 0.500. The molecule has 0 aliphatic carbocycles. The van der Waals surface area contributed by atoms with Gasteiger partial charge < -0.3 is 9.80 Å². The van der Waals surface area contributed by atoms with Crippen molar-refractivity contribution in [3.8, 4) is 0 Å². The Balaban J connectivity index is 1.94. The molecular formula is C14H19ClN2OS. The van der Waals surface area contributed by atoms with Gasteiger partial charge in [0.1, 0.15) is 0 Å². The molecule has 1 aliphatic rings. The monoisotopic (exact) mass is 298 g/mol. The Bertz CT molecular complexity index is 447. The number of benzene rings is 1. The molecule has 1 fully saturated rings. The average molecular weight is 299 g/mol. The number of amides is 1. The van der Waals surface area contributed by atoms with Crippen molar-refractivity contribution in [1.82, 2.24) is 9.80 Å². The number of nitrogens with zero attached hydrogens (tertiary/aromatic N) is 2. The van der Waals surface area contributed by atoms with E-state index in [1.807, 2.05) is 36.1 Å². The molecule has 1 aliphatic heterocycles. The maximum Gasteiger partial charge on any atom is 0.235 e. The van der Waals surface area contributed by atoms with Crippen LogP contribution in [-0.4, -0.2) is 54.2 Å². The first-order chi connectivity index (χ1) is 9.08. The third kappa shape index (κ3) is 3.88. The van der Waals surface area contributed by atoms with Crippen molar-refractivity contribution in [1.29, 1.82) is 0 Å². The highest BCUT2D eigenvalue weighted by molar-refractivity contribution is 8.00. The van der Waals surface area contributed by atoms with Crippen LogP contribution in [0.1, 0.15) is 6.92 Å². The minimum absolute atomic E-state index is 0.0942. The Hall–Kier alpha value is -0.710. The molecule has 2 rings (SSSR count). The smallest absolute Gasteiger partial charge is 0.235 e. The molecule has 1 atom stereocenters. The summed E-state index contributed by atoms with van der Waals surface area (Å²) in [5, 5.41) is 0.619. The lowest BCUT2D eigenvalue weighted by atomic mass is 10.3. The zero-order chi connectivity index (χ0) is 13.8. The van der Waals surface area contributed by atoms with E-state index in [0.29, 0.717) is 5.02 Å². The quantitative estimate of drug-likeness (QED) is 0.802. The van der Waals surface area contributed by atoms with Gasteiger partial charge in [-0.25, -0.2) is 0 Å². The van der Waals surface area contributed by atoms with Crippen molar-refractivity contribution in [3.63, 3.8) is 0 Å². The van der Waals surface area contributed by atoms with Gasteiger partial charge in [0.25, 0.3) is 0 Å². The SMILES string of the molecule is CC(Sc1ccccc1Cl)C(=O)N1CCN(C)CC1. The zero-order valence-electron chi connectivity index (χ0n) is 11.3. The van der Waals surface area contributed by atoms with Crippen molar-refractivity contribution in [2.24, 2.45) is 0 Å². The summed E-state index contributed by atoms with van der Waals surface area (Å²) in [5.41, 5.74) is 0. The Kier molecular flexibility index (Phi) is 5.13. The van der Waals surface area contributed by atoms with E-state index in [9.17, 15) is 4.79 Å². The molecule has 19 heavy (non-hydrogen) atoms. The van der Waals surface area contributed by atoms with E-state index in [1.165, 1.54) is 11.8 Å². The van der Waals surface area contributed by atoms with E-state index in [-0.39, 0.29) is 11.2 Å². The molecule has 1 unspecified atom stereocenters. The van der Waals surface area contributed by atoms with E-state index in [4.69, 9.17) is 11.6 Å². The average Bonchev–Trinajstić information content (AvgIpc) is 2.41. The highest BCUT2D eigenvalue weighted by Crippen LogP contribution is 2.30. The fourth-order valence-corrected chi connectivity index (χ4v) is 3.30. The molecule has 1 heterocycles. The van der Waals surface area contributed by atoms with Crippen LogP contribution in [0.15, 0.2) is 29.2 Å². The van der Waals surface area contributed by atoms with Crippen LogP contribution in [0.5, 0.6) is 0 Å². The Morgan fingerprint density at radius 3 is 2.53 bits per heavy atom. The summed E-state index contributed by atoms with van der Waals surface area (Å²) in [4.78, 5) is 17.5. The van der Waals surface area contributed by atoms with Gasteiger partial charge in [-0.3, -0.25) is 4.79 Å². The number of likely N-dealkylation sites (N-methyl/N-ethyl adjacent to an activating group) is 1. The Morgan fingerprint density at radius 2 is 1.89 bits per heavy atom. The predicted molar refractivity (Wildman–Crippen MR) is 80.8 cm³/mol. The molecule has 0 saturated carbocycles. The van der Waals surface area contributed by atoms with Crippen LogP contribution < -0.4 is 0 Å². The standard InChI is InChI=1S/C14H19ClN2OS/c1-11(19-13-6-4-3-5-12(13)15)14(18)17-9-7-16(2)8-10-17/h3-6,11H,7-10H2,1-2H3. The van der Waals surface area contributed by atoms with Gasteiger partial charge >= 0.3 is 0 Å². The number of thioether (sulfide) groups is 1. The van der Waals surface area contributed by atoms with Crippen LogP contribution >= 0.6 is 23.4 Å². The van der Waals surface area contributed by atoms with Crippen LogP contribution in [0.3, 0.4) is 0 Å². The first kappa shape index (κ1) is 14.7. The van der Waals surface area contributed by atoms with Crippen molar-refractivity contribution in [3.05, 3.63) is 29.3 Å². The number of halogens is 1. The molecule has 0 bridgehead atoms. The molecule has 0 aromatic heterocycles. The fourth-order valence-electron chi connectivity index (χ4n) is 2.07. The minimum Gasteiger partial charge on any atom is -0.339 e. The number of hydrogen-bond donors (Lipinski definition) is 0. The Labute approximate surface area is 123 Å². The van der Waals surface area contributed by atoms with Crippen molar-refractivity contribution in [2.45, 2.75) is 17.1 Å². The van der Waals surface area contributed by atoms with E-state index >= 15 is 0 Å². The second kappa shape index (κ2) is 6.64. The molecule has 1 aromatic rings. The number of hydrogen-bond acceptors (Lipinski definition) is 3. The molecule has 104 valence electrons. The van der Waals surface area contributed by atoms with E-state index in [2.05, 4.69) is 11.9 Å². The second-order valence-electron chi connectivity index (χ2n) is 4.82. The Morgan fingerprint density at radius 1 is 1.26 bits per heavy atom. The van der Waals surface area contributed by atoms with Crippen LogP contribution in [0.25, 0.3) is 0 Å². The van der Waals surface area contributed by atoms with Gasteiger partial charge in [-0.2, -0.15) is 0 Å². The predicted octanol–water partition coefficient (Wildman–Crippen LogP) is 2.59. The first-order valence-electron chi connectivity index (χ1n) is 6.46. The van der Waals surface area contributed by atoms with Gasteiger partial charge in [-0.05, 0) is 26.1 Å². The van der Waals surface area contributed by atoms with Gasteiger partial charge in [0.05, 0.1) is 10.3 Å². The summed E-state index contributed by atoms with van der Waals surface area (Å²) in [6.07, 6.45) is 0. The summed E-state index contributed by atoms with van der Waals surface area (Å²) in [6, 6.07) is 7.66. The van der Waals surface area contributed by atoms with Gasteiger partial charge in [0.15, 0.2) is 0 Å². The molecule has 1 amide bonds. The molecule has 5 heteroatoms. The third-order valence-electron chi connectivity index (χ3n) is 3.30. The maximum absolute atomic E-state index is 12.4. The van der Waals surface area contributed by atoms with Crippen LogP contribution in [0, 0.1) is 0 Å². The summed E-state index contributed by atoms with van der Waals surface area (Å²) >= 11 is 7.66. The largest absolute Gasteiger partial charge is 0.339 e. The number of carbonyl (C=O) groups excluding carboxylic acids is 1. The molecule has 0 N–H and O–H groups in total. The van der Waals surface area contributed by atoms with Gasteiger partial charge in [0, 0.05) is 31.1 Å². The summed E-state index contributed by atoms with van der Waals surface area (Å²) < 4.78 is 0. The van der Waals surface area contributed by atoms with Crippen LogP contribution in [0.4, 0.5) is 0 Å². The first-order valence-corrected chi connectivity index (χ1v) is 7.72. The number of rotatable bonds is 3. The summed E-state index contributed by atoms with van der Waals surface area (Å²) in [5.74, 6) is 0.206. The number of carbonyl (C=O) groups is 1. The van der Waals surface area contributed by atoms with Crippen molar-refractivity contribution in [2.75, 3.05) is 33.2 Å². The topological polar surface area (TPSA) is 23.6 Å². The van der Waals surface area contributed by atoms with E-state index < -0.39 is 0 Å². The lowest BCUT2D eigenvalue weighted by Gasteiger charge is -2.33. The van der Waals surface area contributed by atoms with Crippen molar-refractivity contribution < 1.29 is 4.79 Å². The van der Waals surface area contributed by atoms with Gasteiger partial charge in [0.2, 0.25) is 5.91 Å². The van der Waals surface area contributed by atoms with Crippen LogP contribution in [0.2, 0.25) is 5.02 Å². The molecule has 1 saturated heterocycles. The molecule has 1 aromatic carbocycles. The lowest BCUT2D eigenvalue weighted by Crippen LogP contribution is -2.49. The van der Waals surface area contributed by atoms with Crippen LogP contribution in [-0.2, 0) is 4.79 Å². The van der Waals surface area contributed by atoms with Gasteiger partial charge in [-0.15, -0.1) is 11.8 Å². The van der Waals surface area contributed by atoms with E-state index in [1.54, 1.807) is 0 Å². The highest BCUT2D eigenvalue weighted by atomic mass is 35.5. The maximum atomic E-state index is 12.4. The highest BCUT2D eigenvalue weighted by Gasteiger charge is 2.24. The molecule has 0 radical (unpaired) electrons. The number of piperazine rings is 1. The normalized spacial score (nSPS) is 18.4.